The lowest BCUT2D eigenvalue weighted by Gasteiger charge is -2.23. The van der Waals surface area contributed by atoms with Crippen LogP contribution in [0.15, 0.2) is 0 Å². The Balaban J connectivity index is 2.53. The second kappa shape index (κ2) is 6.14. The molecule has 5 N–H and O–H groups in total. The van der Waals surface area contributed by atoms with Gasteiger partial charge >= 0.3 is 12.0 Å². The summed E-state index contributed by atoms with van der Waals surface area (Å²) in [4.78, 5) is 44.5. The van der Waals surface area contributed by atoms with Crippen molar-refractivity contribution >= 4 is 23.8 Å². The van der Waals surface area contributed by atoms with Gasteiger partial charge in [0.25, 0.3) is 0 Å². The summed E-state index contributed by atoms with van der Waals surface area (Å²) in [6.07, 6.45) is -1.05. The Kier molecular flexibility index (Phi) is 4.81. The van der Waals surface area contributed by atoms with E-state index in [0.717, 1.165) is 0 Å². The number of nitrogens with one attached hydrogen (secondary N) is 3. The first-order valence-corrected chi connectivity index (χ1v) is 5.63. The molecule has 0 saturated carbocycles. The topological polar surface area (TPSA) is 145 Å². The maximum absolute atomic E-state index is 11.5. The van der Waals surface area contributed by atoms with Crippen LogP contribution in [-0.4, -0.2) is 52.2 Å². The summed E-state index contributed by atoms with van der Waals surface area (Å²) < 4.78 is 0. The zero-order valence-electron chi connectivity index (χ0n) is 10.2. The molecule has 9 heteroatoms. The molecule has 1 saturated heterocycles. The highest BCUT2D eigenvalue weighted by Crippen LogP contribution is 2.04. The van der Waals surface area contributed by atoms with Gasteiger partial charge in [-0.15, -0.1) is 0 Å². The Hall–Kier alpha value is -2.16. The monoisotopic (exact) mass is 273 g/mol. The number of amides is 4. The van der Waals surface area contributed by atoms with Crippen molar-refractivity contribution in [2.24, 2.45) is 0 Å². The molecule has 1 aliphatic heterocycles. The molecule has 19 heavy (non-hydrogen) atoms. The van der Waals surface area contributed by atoms with Crippen LogP contribution in [0.5, 0.6) is 0 Å². The predicted molar refractivity (Wildman–Crippen MR) is 60.9 cm³/mol. The molecule has 0 radical (unpaired) electrons. The minimum Gasteiger partial charge on any atom is -0.480 e. The number of aliphatic hydroxyl groups is 1. The second-order valence-corrected chi connectivity index (χ2v) is 4.18. The highest BCUT2D eigenvalue weighted by Gasteiger charge is 2.30. The summed E-state index contributed by atoms with van der Waals surface area (Å²) in [5, 5.41) is 24.3. The summed E-state index contributed by atoms with van der Waals surface area (Å²) in [5.41, 5.74) is 0. The van der Waals surface area contributed by atoms with Crippen LogP contribution in [0.4, 0.5) is 4.79 Å². The van der Waals surface area contributed by atoms with E-state index in [9.17, 15) is 24.3 Å². The largest absolute Gasteiger partial charge is 0.480 e. The first-order valence-electron chi connectivity index (χ1n) is 5.63. The summed E-state index contributed by atoms with van der Waals surface area (Å²) in [7, 11) is 0. The minimum absolute atomic E-state index is 0.0927. The van der Waals surface area contributed by atoms with Crippen molar-refractivity contribution in [3.8, 4) is 0 Å². The van der Waals surface area contributed by atoms with Crippen LogP contribution in [0.25, 0.3) is 0 Å². The van der Waals surface area contributed by atoms with Gasteiger partial charge in [0.15, 0.2) is 6.04 Å². The van der Waals surface area contributed by atoms with E-state index in [-0.39, 0.29) is 12.8 Å². The second-order valence-electron chi connectivity index (χ2n) is 4.18. The van der Waals surface area contributed by atoms with E-state index >= 15 is 0 Å². The van der Waals surface area contributed by atoms with Crippen LogP contribution in [0.3, 0.4) is 0 Å². The molecule has 1 fully saturated rings. The molecule has 9 nitrogen and oxygen atoms in total. The summed E-state index contributed by atoms with van der Waals surface area (Å²) in [6.45, 7) is 1.21. The molecule has 0 aromatic rings. The molecule has 106 valence electrons. The molecule has 3 atom stereocenters. The Labute approximate surface area is 108 Å². The average molecular weight is 273 g/mol. The SMILES string of the molecule is C[C@@H](O)[C@H](NC(=O)NC1CCC(=O)NC1=O)C(=O)O. The molecule has 0 bridgehead atoms. The predicted octanol–water partition coefficient (Wildman–Crippen LogP) is -2.08. The van der Waals surface area contributed by atoms with Crippen molar-refractivity contribution in [2.45, 2.75) is 38.0 Å². The number of hydrogen-bond donors (Lipinski definition) is 5. The zero-order valence-corrected chi connectivity index (χ0v) is 10.2. The fourth-order valence-electron chi connectivity index (χ4n) is 1.56. The maximum Gasteiger partial charge on any atom is 0.328 e. The van der Waals surface area contributed by atoms with Crippen molar-refractivity contribution in [1.29, 1.82) is 0 Å². The van der Waals surface area contributed by atoms with Gasteiger partial charge in [0.1, 0.15) is 6.04 Å². The lowest BCUT2D eigenvalue weighted by atomic mass is 10.1. The number of carbonyl (C=O) groups is 4. The summed E-state index contributed by atoms with van der Waals surface area (Å²) in [5.74, 6) is -2.46. The zero-order chi connectivity index (χ0) is 14.6. The van der Waals surface area contributed by atoms with Crippen molar-refractivity contribution in [2.75, 3.05) is 0 Å². The lowest BCUT2D eigenvalue weighted by molar-refractivity contribution is -0.141. The number of imide groups is 1. The third kappa shape index (κ3) is 4.21. The number of piperidine rings is 1. The Bertz CT molecular complexity index is 408. The van der Waals surface area contributed by atoms with Crippen molar-refractivity contribution in [1.82, 2.24) is 16.0 Å². The van der Waals surface area contributed by atoms with Gasteiger partial charge in [-0.1, -0.05) is 0 Å². The first-order chi connectivity index (χ1) is 8.81. The smallest absolute Gasteiger partial charge is 0.328 e. The number of carboxylic acid groups (broad SMARTS) is 1. The molecular formula is C10H15N3O6. The van der Waals surface area contributed by atoms with Crippen LogP contribution in [-0.2, 0) is 14.4 Å². The Morgan fingerprint density at radius 3 is 2.53 bits per heavy atom. The van der Waals surface area contributed by atoms with E-state index in [2.05, 4.69) is 5.32 Å². The molecule has 1 unspecified atom stereocenters. The number of hydrogen-bond acceptors (Lipinski definition) is 5. The van der Waals surface area contributed by atoms with Gasteiger partial charge in [-0.2, -0.15) is 0 Å². The molecule has 0 spiro atoms. The molecule has 0 aliphatic carbocycles. The van der Waals surface area contributed by atoms with E-state index in [1.807, 2.05) is 10.6 Å². The Morgan fingerprint density at radius 1 is 1.42 bits per heavy atom. The lowest BCUT2D eigenvalue weighted by Crippen LogP contribution is -2.57. The van der Waals surface area contributed by atoms with Crippen LogP contribution < -0.4 is 16.0 Å². The number of rotatable bonds is 4. The molecule has 1 heterocycles. The Morgan fingerprint density at radius 2 is 2.05 bits per heavy atom. The van der Waals surface area contributed by atoms with Crippen LogP contribution in [0, 0.1) is 0 Å². The van der Waals surface area contributed by atoms with Gasteiger partial charge < -0.3 is 20.8 Å². The minimum atomic E-state index is -1.48. The van der Waals surface area contributed by atoms with E-state index in [1.54, 1.807) is 0 Å². The normalized spacial score (nSPS) is 22.1. The van der Waals surface area contributed by atoms with Gasteiger partial charge in [-0.3, -0.25) is 14.9 Å². The number of aliphatic hydroxyl groups excluding tert-OH is 1. The fraction of sp³-hybridized carbons (Fsp3) is 0.600. The maximum atomic E-state index is 11.5. The quantitative estimate of drug-likeness (QED) is 0.372. The highest BCUT2D eigenvalue weighted by atomic mass is 16.4. The van der Waals surface area contributed by atoms with Crippen LogP contribution >= 0.6 is 0 Å². The van der Waals surface area contributed by atoms with Gasteiger partial charge in [0.2, 0.25) is 11.8 Å². The first kappa shape index (κ1) is 14.9. The summed E-state index contributed by atoms with van der Waals surface area (Å²) in [6, 6.07) is -3.28. The molecule has 4 amide bonds. The standard InChI is InChI=1S/C10H15N3O6/c1-4(14)7(9(17)18)13-10(19)11-5-2-3-6(15)12-8(5)16/h4-5,7,14H,2-3H2,1H3,(H,17,18)(H2,11,13,19)(H,12,15,16)/t4-,5?,7+/m1/s1. The van der Waals surface area contributed by atoms with Crippen molar-refractivity contribution in [3.05, 3.63) is 0 Å². The number of aliphatic carboxylic acids is 1. The third-order valence-corrected chi connectivity index (χ3v) is 2.58. The van der Waals surface area contributed by atoms with E-state index in [1.165, 1.54) is 6.92 Å². The number of urea groups is 1. The number of carboxylic acids is 1. The average Bonchev–Trinajstić information content (AvgIpc) is 2.29. The van der Waals surface area contributed by atoms with Gasteiger partial charge in [0.05, 0.1) is 6.10 Å². The van der Waals surface area contributed by atoms with Gasteiger partial charge in [-0.05, 0) is 13.3 Å². The fourth-order valence-corrected chi connectivity index (χ4v) is 1.56. The third-order valence-electron chi connectivity index (χ3n) is 2.58. The van der Waals surface area contributed by atoms with Crippen LogP contribution in [0.1, 0.15) is 19.8 Å². The van der Waals surface area contributed by atoms with E-state index in [4.69, 9.17) is 5.11 Å². The molecule has 1 aliphatic rings. The van der Waals surface area contributed by atoms with Crippen molar-refractivity contribution < 1.29 is 29.4 Å². The molecular weight excluding hydrogens is 258 g/mol. The van der Waals surface area contributed by atoms with E-state index < -0.39 is 42.0 Å². The van der Waals surface area contributed by atoms with Crippen molar-refractivity contribution in [3.63, 3.8) is 0 Å². The van der Waals surface area contributed by atoms with Gasteiger partial charge in [-0.25, -0.2) is 9.59 Å². The van der Waals surface area contributed by atoms with Gasteiger partial charge in [0, 0.05) is 6.42 Å². The molecule has 0 aromatic carbocycles. The highest BCUT2D eigenvalue weighted by molar-refractivity contribution is 6.01. The number of carbonyl (C=O) groups excluding carboxylic acids is 3. The summed E-state index contributed by atoms with van der Waals surface area (Å²) >= 11 is 0. The molecule has 1 rings (SSSR count). The molecule has 0 aromatic heterocycles. The van der Waals surface area contributed by atoms with Crippen LogP contribution in [0.2, 0.25) is 0 Å². The van der Waals surface area contributed by atoms with E-state index in [0.29, 0.717) is 0 Å².